The van der Waals surface area contributed by atoms with Crippen molar-refractivity contribution in [3.63, 3.8) is 0 Å². The van der Waals surface area contributed by atoms with Gasteiger partial charge in [-0.3, -0.25) is 0 Å². The van der Waals surface area contributed by atoms with Gasteiger partial charge in [0.25, 0.3) is 0 Å². The van der Waals surface area contributed by atoms with E-state index in [9.17, 15) is 8.78 Å². The molecule has 2 aromatic rings. The maximum absolute atomic E-state index is 13.0. The Bertz CT molecular complexity index is 477. The molecule has 0 amide bonds. The molecular weight excluding hydrogens is 282 g/mol. The number of hydrogen-bond donors (Lipinski definition) is 0. The van der Waals surface area contributed by atoms with Crippen molar-refractivity contribution in [3.05, 3.63) is 71.3 Å². The molecule has 2 radical (unpaired) electrons. The molecule has 0 aliphatic rings. The molecule has 0 aromatic heterocycles. The van der Waals surface area contributed by atoms with Gasteiger partial charge in [-0.05, 0) is 35.4 Å². The third-order valence-corrected chi connectivity index (χ3v) is 4.64. The van der Waals surface area contributed by atoms with Crippen molar-refractivity contribution in [2.45, 2.75) is 17.5 Å². The number of halogens is 3. The summed E-state index contributed by atoms with van der Waals surface area (Å²) in [7, 11) is 0.449. The Morgan fingerprint density at radius 1 is 0.842 bits per heavy atom. The molecule has 2 rings (SSSR count). The second-order valence-electron chi connectivity index (χ2n) is 4.32. The van der Waals surface area contributed by atoms with E-state index in [1.54, 1.807) is 24.3 Å². The standard InChI is InChI=1S/C15H13ClF2Si/c1-10(16)19-15(11-2-6-13(17)7-3-11)12-4-8-14(18)9-5-12/h2-10,15H,1H3. The number of benzene rings is 2. The maximum atomic E-state index is 13.0. The summed E-state index contributed by atoms with van der Waals surface area (Å²) in [5, 5.41) is 0.0140. The highest BCUT2D eigenvalue weighted by molar-refractivity contribution is 6.54. The molecule has 98 valence electrons. The van der Waals surface area contributed by atoms with Crippen LogP contribution in [-0.2, 0) is 0 Å². The van der Waals surface area contributed by atoms with E-state index in [-0.39, 0.29) is 22.2 Å². The molecule has 0 saturated carbocycles. The Morgan fingerprint density at radius 2 is 1.21 bits per heavy atom. The van der Waals surface area contributed by atoms with Crippen molar-refractivity contribution in [2.75, 3.05) is 0 Å². The van der Waals surface area contributed by atoms with E-state index in [1.165, 1.54) is 24.3 Å². The van der Waals surface area contributed by atoms with Gasteiger partial charge in [0.15, 0.2) is 0 Å². The SMILES string of the molecule is CC(Cl)[Si]C(c1ccc(F)cc1)c1ccc(F)cc1. The zero-order valence-electron chi connectivity index (χ0n) is 10.4. The van der Waals surface area contributed by atoms with E-state index in [1.807, 2.05) is 6.92 Å². The predicted molar refractivity (Wildman–Crippen MR) is 75.7 cm³/mol. The quantitative estimate of drug-likeness (QED) is 0.581. The summed E-state index contributed by atoms with van der Waals surface area (Å²) in [4.78, 5) is 0. The van der Waals surface area contributed by atoms with E-state index in [0.717, 1.165) is 11.1 Å². The first-order valence-electron chi connectivity index (χ1n) is 5.97. The topological polar surface area (TPSA) is 0 Å². The smallest absolute Gasteiger partial charge is 0.123 e. The van der Waals surface area contributed by atoms with Crippen molar-refractivity contribution in [2.24, 2.45) is 0 Å². The normalized spacial score (nSPS) is 12.7. The van der Waals surface area contributed by atoms with Gasteiger partial charge in [0, 0.05) is 10.5 Å². The zero-order chi connectivity index (χ0) is 13.8. The van der Waals surface area contributed by atoms with Crippen LogP contribution in [-0.4, -0.2) is 14.5 Å². The van der Waals surface area contributed by atoms with Gasteiger partial charge in [0.2, 0.25) is 0 Å². The molecule has 0 aliphatic heterocycles. The number of hydrogen-bond acceptors (Lipinski definition) is 0. The van der Waals surface area contributed by atoms with Crippen LogP contribution < -0.4 is 0 Å². The van der Waals surface area contributed by atoms with Crippen LogP contribution in [0.25, 0.3) is 0 Å². The molecule has 1 atom stereocenters. The van der Waals surface area contributed by atoms with Gasteiger partial charge in [-0.2, -0.15) is 0 Å². The first kappa shape index (κ1) is 14.2. The van der Waals surface area contributed by atoms with Crippen LogP contribution in [0.5, 0.6) is 0 Å². The Morgan fingerprint density at radius 3 is 1.53 bits per heavy atom. The van der Waals surface area contributed by atoms with E-state index in [0.29, 0.717) is 9.52 Å². The summed E-state index contributed by atoms with van der Waals surface area (Å²) in [6, 6.07) is 12.8. The van der Waals surface area contributed by atoms with Crippen LogP contribution in [0.15, 0.2) is 48.5 Å². The molecule has 1 unspecified atom stereocenters. The molecule has 19 heavy (non-hydrogen) atoms. The van der Waals surface area contributed by atoms with E-state index in [4.69, 9.17) is 11.6 Å². The summed E-state index contributed by atoms with van der Waals surface area (Å²) in [5.41, 5.74) is 2.08. The van der Waals surface area contributed by atoms with Crippen LogP contribution in [0.1, 0.15) is 23.6 Å². The highest BCUT2D eigenvalue weighted by Crippen LogP contribution is 2.25. The zero-order valence-corrected chi connectivity index (χ0v) is 12.2. The molecular formula is C15H13ClF2Si. The first-order chi connectivity index (χ1) is 9.06. The lowest BCUT2D eigenvalue weighted by Crippen LogP contribution is -2.17. The van der Waals surface area contributed by atoms with Crippen molar-refractivity contribution in [1.82, 2.24) is 0 Å². The average Bonchev–Trinajstić information content (AvgIpc) is 2.38. The minimum absolute atomic E-state index is 0.0140. The second kappa shape index (κ2) is 6.31. The molecule has 0 heterocycles. The summed E-state index contributed by atoms with van der Waals surface area (Å²) in [6.45, 7) is 1.93. The molecule has 0 aliphatic carbocycles. The van der Waals surface area contributed by atoms with Crippen molar-refractivity contribution in [1.29, 1.82) is 0 Å². The molecule has 0 fully saturated rings. The van der Waals surface area contributed by atoms with Gasteiger partial charge in [0.1, 0.15) is 11.6 Å². The fourth-order valence-corrected chi connectivity index (χ4v) is 3.53. The molecule has 0 saturated heterocycles. The fraction of sp³-hybridized carbons (Fsp3) is 0.200. The Kier molecular flexibility index (Phi) is 4.72. The predicted octanol–water partition coefficient (Wildman–Crippen LogP) is 4.34. The van der Waals surface area contributed by atoms with Crippen molar-refractivity contribution in [3.8, 4) is 0 Å². The van der Waals surface area contributed by atoms with Crippen LogP contribution in [0, 0.1) is 11.6 Å². The van der Waals surface area contributed by atoms with Crippen LogP contribution in [0.4, 0.5) is 8.78 Å². The molecule has 4 heteroatoms. The highest BCUT2D eigenvalue weighted by Gasteiger charge is 2.17. The number of rotatable bonds is 4. The summed E-state index contributed by atoms with van der Waals surface area (Å²) in [6.07, 6.45) is 0. The molecule has 0 spiro atoms. The van der Waals surface area contributed by atoms with Crippen LogP contribution >= 0.6 is 11.6 Å². The lowest BCUT2D eigenvalue weighted by Gasteiger charge is -2.18. The van der Waals surface area contributed by atoms with Crippen molar-refractivity contribution >= 4 is 21.1 Å². The van der Waals surface area contributed by atoms with Gasteiger partial charge in [-0.1, -0.05) is 31.2 Å². The van der Waals surface area contributed by atoms with Gasteiger partial charge in [-0.15, -0.1) is 11.6 Å². The molecule has 2 aromatic carbocycles. The van der Waals surface area contributed by atoms with E-state index >= 15 is 0 Å². The fourth-order valence-electron chi connectivity index (χ4n) is 1.93. The highest BCUT2D eigenvalue weighted by atomic mass is 35.5. The molecule has 0 nitrogen and oxygen atoms in total. The Balaban J connectivity index is 2.35. The summed E-state index contributed by atoms with van der Waals surface area (Å²) >= 11 is 6.10. The Hall–Kier alpha value is -1.19. The van der Waals surface area contributed by atoms with Gasteiger partial charge in [0.05, 0.1) is 9.52 Å². The van der Waals surface area contributed by atoms with E-state index < -0.39 is 0 Å². The van der Waals surface area contributed by atoms with Crippen LogP contribution in [0.3, 0.4) is 0 Å². The van der Waals surface area contributed by atoms with Crippen molar-refractivity contribution < 1.29 is 8.78 Å². The molecule has 0 N–H and O–H groups in total. The third-order valence-electron chi connectivity index (χ3n) is 2.80. The third kappa shape index (κ3) is 3.88. The van der Waals surface area contributed by atoms with E-state index in [2.05, 4.69) is 0 Å². The van der Waals surface area contributed by atoms with Gasteiger partial charge >= 0.3 is 0 Å². The average molecular weight is 295 g/mol. The first-order valence-corrected chi connectivity index (χ1v) is 7.56. The lowest BCUT2D eigenvalue weighted by atomic mass is 10.0. The largest absolute Gasteiger partial charge is 0.207 e. The van der Waals surface area contributed by atoms with Gasteiger partial charge in [-0.25, -0.2) is 8.78 Å². The number of alkyl halides is 1. The Labute approximate surface area is 119 Å². The minimum atomic E-state index is -0.260. The summed E-state index contributed by atoms with van der Waals surface area (Å²) in [5.74, 6) is -0.521. The summed E-state index contributed by atoms with van der Waals surface area (Å²) < 4.78 is 26.0. The van der Waals surface area contributed by atoms with Gasteiger partial charge < -0.3 is 0 Å². The monoisotopic (exact) mass is 294 g/mol. The van der Waals surface area contributed by atoms with Crippen LogP contribution in [0.2, 0.25) is 0 Å². The minimum Gasteiger partial charge on any atom is -0.207 e. The lowest BCUT2D eigenvalue weighted by molar-refractivity contribution is 0.626. The second-order valence-corrected chi connectivity index (χ2v) is 7.12. The maximum Gasteiger partial charge on any atom is 0.123 e. The molecule has 0 bridgehead atoms.